The lowest BCUT2D eigenvalue weighted by Crippen LogP contribution is -2.46. The number of nitrogens with zero attached hydrogens (tertiary/aromatic N) is 1. The fraction of sp³-hybridized carbons (Fsp3) is 0.375. The van der Waals surface area contributed by atoms with Gasteiger partial charge in [-0.25, -0.2) is 21.6 Å². The van der Waals surface area contributed by atoms with Crippen LogP contribution in [0.3, 0.4) is 0 Å². The maximum atomic E-state index is 12.8. The SMILES string of the molecule is O=S(=O)(NC1CCN(S(=O)(=O)c2ccc(OC(F)F)c(Cl)c2)CC1)c1cccs1. The molecule has 0 unspecified atom stereocenters. The van der Waals surface area contributed by atoms with Gasteiger partial charge in [0.15, 0.2) is 0 Å². The smallest absolute Gasteiger partial charge is 0.387 e. The van der Waals surface area contributed by atoms with Gasteiger partial charge < -0.3 is 4.74 Å². The minimum absolute atomic E-state index is 0.104. The number of hydrogen-bond donors (Lipinski definition) is 1. The van der Waals surface area contributed by atoms with Crippen molar-refractivity contribution in [3.05, 3.63) is 40.7 Å². The van der Waals surface area contributed by atoms with E-state index in [4.69, 9.17) is 11.6 Å². The zero-order valence-electron chi connectivity index (χ0n) is 14.8. The molecule has 1 aromatic carbocycles. The predicted octanol–water partition coefficient (Wildman–Crippen LogP) is 3.13. The molecule has 7 nitrogen and oxygen atoms in total. The number of halogens is 3. The Morgan fingerprint density at radius 2 is 1.86 bits per heavy atom. The lowest BCUT2D eigenvalue weighted by Gasteiger charge is -2.31. The van der Waals surface area contributed by atoms with Gasteiger partial charge in [0.05, 0.1) is 9.92 Å². The molecule has 29 heavy (non-hydrogen) atoms. The van der Waals surface area contributed by atoms with Crippen molar-refractivity contribution in [2.24, 2.45) is 0 Å². The second-order valence-electron chi connectivity index (χ2n) is 6.20. The number of alkyl halides is 2. The molecule has 1 N–H and O–H groups in total. The Bertz CT molecular complexity index is 1050. The number of sulfonamides is 2. The molecular formula is C16H17ClF2N2O5S3. The van der Waals surface area contributed by atoms with Gasteiger partial charge in [-0.15, -0.1) is 11.3 Å². The van der Waals surface area contributed by atoms with E-state index in [0.717, 1.165) is 29.5 Å². The highest BCUT2D eigenvalue weighted by Gasteiger charge is 2.32. The van der Waals surface area contributed by atoms with E-state index in [1.165, 1.54) is 10.4 Å². The van der Waals surface area contributed by atoms with E-state index in [-0.39, 0.29) is 39.0 Å². The molecule has 13 heteroatoms. The molecule has 2 heterocycles. The Kier molecular flexibility index (Phi) is 6.81. The maximum absolute atomic E-state index is 12.8. The largest absolute Gasteiger partial charge is 0.433 e. The van der Waals surface area contributed by atoms with Crippen LogP contribution in [0.4, 0.5) is 8.78 Å². The van der Waals surface area contributed by atoms with Gasteiger partial charge in [-0.2, -0.15) is 13.1 Å². The van der Waals surface area contributed by atoms with Gasteiger partial charge in [-0.05, 0) is 42.5 Å². The summed E-state index contributed by atoms with van der Waals surface area (Å²) in [6.45, 7) is -2.87. The molecule has 1 fully saturated rings. The summed E-state index contributed by atoms with van der Waals surface area (Å²) in [5.41, 5.74) is 0. The lowest BCUT2D eigenvalue weighted by molar-refractivity contribution is -0.0498. The van der Waals surface area contributed by atoms with E-state index in [9.17, 15) is 25.6 Å². The Balaban J connectivity index is 1.66. The zero-order valence-corrected chi connectivity index (χ0v) is 18.0. The first kappa shape index (κ1) is 22.4. The van der Waals surface area contributed by atoms with Crippen LogP contribution in [-0.2, 0) is 20.0 Å². The Labute approximate surface area is 176 Å². The summed E-state index contributed by atoms with van der Waals surface area (Å²) in [5.74, 6) is -0.317. The molecular weight excluding hydrogens is 470 g/mol. The van der Waals surface area contributed by atoms with E-state index in [0.29, 0.717) is 12.8 Å². The fourth-order valence-corrected chi connectivity index (χ4v) is 6.99. The van der Waals surface area contributed by atoms with Crippen LogP contribution >= 0.6 is 22.9 Å². The second-order valence-corrected chi connectivity index (χ2v) is 11.4. The average Bonchev–Trinajstić information content (AvgIpc) is 3.19. The number of hydrogen-bond acceptors (Lipinski definition) is 6. The minimum Gasteiger partial charge on any atom is -0.433 e. The van der Waals surface area contributed by atoms with Crippen LogP contribution in [0.15, 0.2) is 44.8 Å². The van der Waals surface area contributed by atoms with Gasteiger partial charge in [0, 0.05) is 19.1 Å². The normalized spacial score (nSPS) is 17.0. The van der Waals surface area contributed by atoms with Crippen molar-refractivity contribution < 1.29 is 30.4 Å². The van der Waals surface area contributed by atoms with Crippen molar-refractivity contribution in [2.75, 3.05) is 13.1 Å². The van der Waals surface area contributed by atoms with Gasteiger partial charge in [0.25, 0.3) is 0 Å². The molecule has 160 valence electrons. The molecule has 2 aromatic rings. The number of nitrogens with one attached hydrogen (secondary N) is 1. The van der Waals surface area contributed by atoms with E-state index < -0.39 is 26.7 Å². The van der Waals surface area contributed by atoms with Crippen LogP contribution in [0, 0.1) is 0 Å². The van der Waals surface area contributed by atoms with Crippen LogP contribution in [0.2, 0.25) is 5.02 Å². The summed E-state index contributed by atoms with van der Waals surface area (Å²) >= 11 is 6.95. The number of ether oxygens (including phenoxy) is 1. The molecule has 0 aliphatic carbocycles. The first-order valence-electron chi connectivity index (χ1n) is 8.40. The van der Waals surface area contributed by atoms with Crippen LogP contribution in [-0.4, -0.2) is 46.9 Å². The first-order valence-corrected chi connectivity index (χ1v) is 12.6. The molecule has 0 spiro atoms. The van der Waals surface area contributed by atoms with Crippen molar-refractivity contribution >= 4 is 43.0 Å². The quantitative estimate of drug-likeness (QED) is 0.649. The van der Waals surface area contributed by atoms with Gasteiger partial charge >= 0.3 is 6.61 Å². The van der Waals surface area contributed by atoms with Gasteiger partial charge in [-0.1, -0.05) is 17.7 Å². The summed E-state index contributed by atoms with van der Waals surface area (Å²) in [6, 6.07) is 6.02. The molecule has 1 aliphatic heterocycles. The first-order chi connectivity index (χ1) is 13.6. The Morgan fingerprint density at radius 1 is 1.17 bits per heavy atom. The molecule has 3 rings (SSSR count). The number of benzene rings is 1. The van der Waals surface area contributed by atoms with Crippen molar-refractivity contribution in [3.63, 3.8) is 0 Å². The average molecular weight is 487 g/mol. The second kappa shape index (κ2) is 8.82. The highest BCUT2D eigenvalue weighted by atomic mass is 35.5. The zero-order chi connectivity index (χ0) is 21.2. The number of thiophene rings is 1. The Hall–Kier alpha value is -1.31. The van der Waals surface area contributed by atoms with Gasteiger partial charge in [0.2, 0.25) is 20.0 Å². The van der Waals surface area contributed by atoms with Crippen molar-refractivity contribution in [3.8, 4) is 5.75 Å². The molecule has 0 saturated carbocycles. The highest BCUT2D eigenvalue weighted by molar-refractivity contribution is 7.91. The summed E-state index contributed by atoms with van der Waals surface area (Å²) in [5, 5.41) is 1.41. The number of rotatable bonds is 7. The third-order valence-electron chi connectivity index (χ3n) is 4.29. The van der Waals surface area contributed by atoms with Crippen LogP contribution in [0.1, 0.15) is 12.8 Å². The summed E-state index contributed by atoms with van der Waals surface area (Å²) in [7, 11) is -7.54. The number of piperidine rings is 1. The van der Waals surface area contributed by atoms with Crippen molar-refractivity contribution in [1.29, 1.82) is 0 Å². The maximum Gasteiger partial charge on any atom is 0.387 e. The summed E-state index contributed by atoms with van der Waals surface area (Å²) in [4.78, 5) is -0.151. The summed E-state index contributed by atoms with van der Waals surface area (Å²) in [6.07, 6.45) is 0.592. The monoisotopic (exact) mass is 486 g/mol. The molecule has 1 saturated heterocycles. The van der Waals surface area contributed by atoms with Gasteiger partial charge in [-0.3, -0.25) is 0 Å². The fourth-order valence-electron chi connectivity index (χ4n) is 2.89. The van der Waals surface area contributed by atoms with Crippen LogP contribution < -0.4 is 9.46 Å². The molecule has 0 bridgehead atoms. The predicted molar refractivity (Wildman–Crippen MR) is 105 cm³/mol. The molecule has 0 atom stereocenters. The van der Waals surface area contributed by atoms with E-state index in [2.05, 4.69) is 9.46 Å². The Morgan fingerprint density at radius 3 is 2.41 bits per heavy atom. The molecule has 1 aromatic heterocycles. The van der Waals surface area contributed by atoms with Crippen molar-refractivity contribution in [1.82, 2.24) is 9.03 Å². The molecule has 0 radical (unpaired) electrons. The van der Waals surface area contributed by atoms with Gasteiger partial charge in [0.1, 0.15) is 9.96 Å². The standard InChI is InChI=1S/C16H17ClF2N2O5S3/c17-13-10-12(3-4-14(13)26-16(18)19)29(24,25)21-7-5-11(6-8-21)20-28(22,23)15-2-1-9-27-15/h1-4,9-11,16,20H,5-8H2. The highest BCUT2D eigenvalue weighted by Crippen LogP contribution is 2.31. The topological polar surface area (TPSA) is 92.8 Å². The van der Waals surface area contributed by atoms with Crippen LogP contribution in [0.5, 0.6) is 5.75 Å². The van der Waals surface area contributed by atoms with E-state index in [1.807, 2.05) is 0 Å². The lowest BCUT2D eigenvalue weighted by atomic mass is 10.1. The molecule has 0 amide bonds. The van der Waals surface area contributed by atoms with Crippen LogP contribution in [0.25, 0.3) is 0 Å². The van der Waals surface area contributed by atoms with E-state index in [1.54, 1.807) is 11.4 Å². The molecule has 1 aliphatic rings. The minimum atomic E-state index is -3.91. The summed E-state index contributed by atoms with van der Waals surface area (Å²) < 4.78 is 83.0. The third kappa shape index (κ3) is 5.25. The van der Waals surface area contributed by atoms with Crippen molar-refractivity contribution in [2.45, 2.75) is 34.6 Å². The third-order valence-corrected chi connectivity index (χ3v) is 9.40. The van der Waals surface area contributed by atoms with E-state index >= 15 is 0 Å².